The molecule has 0 heterocycles. The number of carbonyl (C=O) groups excluding carboxylic acids is 2. The van der Waals surface area contributed by atoms with Crippen molar-refractivity contribution in [2.75, 3.05) is 40.9 Å². The smallest absolute Gasteiger partial charge is 0.456 e. The lowest BCUT2D eigenvalue weighted by Gasteiger charge is -2.27. The van der Waals surface area contributed by atoms with Crippen molar-refractivity contribution < 1.29 is 37.3 Å². The number of allylic oxidation sites excluding steroid dienone is 5. The van der Waals surface area contributed by atoms with Crippen molar-refractivity contribution >= 4 is 19.7 Å². The van der Waals surface area contributed by atoms with E-state index >= 15 is 0 Å². The Labute approximate surface area is 478 Å². The monoisotopic (exact) mass is 1110 g/mol. The summed E-state index contributed by atoms with van der Waals surface area (Å²) >= 11 is 0. The number of hydrogen-bond acceptors (Lipinski definition) is 6. The Morgan fingerprint density at radius 1 is 0.442 bits per heavy atom. The SMILES string of the molecule is CCCCCCCC/C=C/CCCCCCCCCCCC(=O)NC(COP(=O)(O)OCC[N+](C)(C)C)C(/C=C/CCCCCCCCCCCCC)OC(=O)CCCCCCCCCCC/C=C/CCCCCCCC. The van der Waals surface area contributed by atoms with E-state index in [2.05, 4.69) is 50.4 Å². The minimum atomic E-state index is -4.45. The van der Waals surface area contributed by atoms with Crippen LogP contribution in [-0.2, 0) is 27.9 Å². The summed E-state index contributed by atoms with van der Waals surface area (Å²) in [5, 5.41) is 3.07. The average molecular weight is 1110 g/mol. The number of rotatable bonds is 61. The Hall–Kier alpha value is -1.77. The number of nitrogens with one attached hydrogen (secondary N) is 1. The summed E-state index contributed by atoms with van der Waals surface area (Å²) in [6.07, 6.45) is 69.9. The Balaban J connectivity index is 5.20. The van der Waals surface area contributed by atoms with E-state index in [0.717, 1.165) is 57.8 Å². The zero-order valence-electron chi connectivity index (χ0n) is 52.0. The predicted molar refractivity (Wildman–Crippen MR) is 332 cm³/mol. The van der Waals surface area contributed by atoms with E-state index < -0.39 is 20.0 Å². The molecule has 0 saturated heterocycles. The molecule has 2 N–H and O–H groups in total. The summed E-state index contributed by atoms with van der Waals surface area (Å²) in [5.41, 5.74) is 0. The zero-order chi connectivity index (χ0) is 56.4. The second-order valence-corrected chi connectivity index (χ2v) is 25.4. The van der Waals surface area contributed by atoms with Gasteiger partial charge in [0.05, 0.1) is 33.8 Å². The van der Waals surface area contributed by atoms with Crippen LogP contribution in [0.4, 0.5) is 0 Å². The highest BCUT2D eigenvalue weighted by Gasteiger charge is 2.30. The van der Waals surface area contributed by atoms with Crippen molar-refractivity contribution in [3.63, 3.8) is 0 Å². The zero-order valence-corrected chi connectivity index (χ0v) is 52.9. The van der Waals surface area contributed by atoms with E-state index in [0.29, 0.717) is 23.9 Å². The standard InChI is InChI=1S/C67H129N2O7P/c1-7-10-13-16-19-22-25-28-30-32-34-36-38-41-44-47-50-53-56-59-66(70)68-64(63-75-77(72,73)74-62-61-69(4,5)6)65(58-55-52-49-46-43-40-27-24-21-18-15-12-9-3)76-67(71)60-57-54-51-48-45-42-39-37-35-33-31-29-26-23-20-17-14-11-8-2/h28-31,55,58,64-65H,7-27,32-54,56-57,59-63H2,1-6H3,(H-,68,70,72,73)/p+1/b30-28+,31-29+,58-55+. The number of nitrogens with zero attached hydrogens (tertiary/aromatic N) is 1. The first kappa shape index (κ1) is 75.2. The highest BCUT2D eigenvalue weighted by atomic mass is 31.2. The van der Waals surface area contributed by atoms with Gasteiger partial charge in [0.25, 0.3) is 0 Å². The van der Waals surface area contributed by atoms with Crippen LogP contribution in [0.3, 0.4) is 0 Å². The van der Waals surface area contributed by atoms with Crippen LogP contribution in [0.15, 0.2) is 36.5 Å². The number of phosphoric acid groups is 1. The average Bonchev–Trinajstić information content (AvgIpc) is 3.39. The molecule has 0 aromatic carbocycles. The molecule has 0 aromatic rings. The van der Waals surface area contributed by atoms with E-state index in [1.54, 1.807) is 0 Å². The van der Waals surface area contributed by atoms with Crippen molar-refractivity contribution in [3.8, 4) is 0 Å². The van der Waals surface area contributed by atoms with E-state index in [9.17, 15) is 19.0 Å². The fourth-order valence-corrected chi connectivity index (χ4v) is 10.6. The molecule has 0 aromatic heterocycles. The van der Waals surface area contributed by atoms with Crippen molar-refractivity contribution in [2.45, 2.75) is 341 Å². The van der Waals surface area contributed by atoms with Gasteiger partial charge in [0.1, 0.15) is 19.3 Å². The molecule has 0 aliphatic rings. The molecule has 10 heteroatoms. The molecule has 0 fully saturated rings. The molecular weight excluding hydrogens is 976 g/mol. The summed E-state index contributed by atoms with van der Waals surface area (Å²) in [6.45, 7) is 7.05. The lowest BCUT2D eigenvalue weighted by atomic mass is 10.0. The van der Waals surface area contributed by atoms with Gasteiger partial charge in [-0.05, 0) is 83.1 Å². The molecule has 1 amide bonds. The molecule has 0 rings (SSSR count). The third kappa shape index (κ3) is 58.7. The first-order chi connectivity index (χ1) is 37.4. The summed E-state index contributed by atoms with van der Waals surface area (Å²) in [7, 11) is 1.51. The van der Waals surface area contributed by atoms with Gasteiger partial charge in [0, 0.05) is 12.8 Å². The molecule has 3 unspecified atom stereocenters. The topological polar surface area (TPSA) is 111 Å². The number of esters is 1. The Morgan fingerprint density at radius 2 is 0.753 bits per heavy atom. The van der Waals surface area contributed by atoms with Crippen LogP contribution in [0.1, 0.15) is 329 Å². The van der Waals surface area contributed by atoms with Gasteiger partial charge in [-0.25, -0.2) is 4.57 Å². The largest absolute Gasteiger partial charge is 0.472 e. The molecule has 0 bridgehead atoms. The molecule has 454 valence electrons. The van der Waals surface area contributed by atoms with Gasteiger partial charge < -0.3 is 19.4 Å². The maximum Gasteiger partial charge on any atom is 0.472 e. The second kappa shape index (κ2) is 57.5. The molecule has 9 nitrogen and oxygen atoms in total. The number of hydrogen-bond donors (Lipinski definition) is 2. The fourth-order valence-electron chi connectivity index (χ4n) is 9.87. The molecule has 3 atom stereocenters. The normalized spacial score (nSPS) is 13.8. The van der Waals surface area contributed by atoms with E-state index in [1.807, 2.05) is 33.3 Å². The lowest BCUT2D eigenvalue weighted by molar-refractivity contribution is -0.870. The van der Waals surface area contributed by atoms with Gasteiger partial charge in [0.15, 0.2) is 0 Å². The van der Waals surface area contributed by atoms with Crippen molar-refractivity contribution in [3.05, 3.63) is 36.5 Å². The lowest BCUT2D eigenvalue weighted by Crippen LogP contribution is -2.47. The number of quaternary nitrogens is 1. The van der Waals surface area contributed by atoms with Crippen LogP contribution >= 0.6 is 7.82 Å². The number of carbonyl (C=O) groups is 2. The molecule has 77 heavy (non-hydrogen) atoms. The van der Waals surface area contributed by atoms with Crippen molar-refractivity contribution in [2.24, 2.45) is 0 Å². The van der Waals surface area contributed by atoms with Crippen LogP contribution in [0.2, 0.25) is 0 Å². The van der Waals surface area contributed by atoms with Crippen LogP contribution in [-0.4, -0.2) is 74.3 Å². The van der Waals surface area contributed by atoms with Crippen LogP contribution in [0.25, 0.3) is 0 Å². The van der Waals surface area contributed by atoms with Crippen molar-refractivity contribution in [1.29, 1.82) is 0 Å². The van der Waals surface area contributed by atoms with Gasteiger partial charge in [-0.15, -0.1) is 0 Å². The van der Waals surface area contributed by atoms with Gasteiger partial charge in [-0.3, -0.25) is 18.6 Å². The minimum absolute atomic E-state index is 0.0415. The number of ether oxygens (including phenoxy) is 1. The third-order valence-electron chi connectivity index (χ3n) is 15.1. The molecule has 0 saturated carbocycles. The summed E-state index contributed by atoms with van der Waals surface area (Å²) < 4.78 is 30.8. The van der Waals surface area contributed by atoms with Gasteiger partial charge in [-0.2, -0.15) is 0 Å². The molecule has 0 spiro atoms. The molecular formula is C67H130N2O7P+. The predicted octanol–water partition coefficient (Wildman–Crippen LogP) is 20.7. The Morgan fingerprint density at radius 3 is 1.10 bits per heavy atom. The number of phosphoric ester groups is 1. The Kier molecular flexibility index (Phi) is 56.1. The summed E-state index contributed by atoms with van der Waals surface area (Å²) in [5.74, 6) is -0.495. The highest BCUT2D eigenvalue weighted by molar-refractivity contribution is 7.47. The van der Waals surface area contributed by atoms with Crippen LogP contribution in [0, 0.1) is 0 Å². The number of unbranched alkanes of at least 4 members (excludes halogenated alkanes) is 41. The molecule has 0 aliphatic carbocycles. The van der Waals surface area contributed by atoms with E-state index in [4.69, 9.17) is 13.8 Å². The van der Waals surface area contributed by atoms with Gasteiger partial charge in [-0.1, -0.05) is 269 Å². The number of likely N-dealkylation sites (N-methyl/N-ethyl adjacent to an activating group) is 1. The second-order valence-electron chi connectivity index (χ2n) is 24.0. The maximum atomic E-state index is 13.6. The molecule has 0 radical (unpaired) electrons. The van der Waals surface area contributed by atoms with E-state index in [-0.39, 0.29) is 25.1 Å². The molecule has 0 aliphatic heterocycles. The van der Waals surface area contributed by atoms with E-state index in [1.165, 1.54) is 238 Å². The van der Waals surface area contributed by atoms with Gasteiger partial charge >= 0.3 is 13.8 Å². The first-order valence-electron chi connectivity index (χ1n) is 33.3. The number of amides is 1. The highest BCUT2D eigenvalue weighted by Crippen LogP contribution is 2.43. The summed E-state index contributed by atoms with van der Waals surface area (Å²) in [4.78, 5) is 37.8. The minimum Gasteiger partial charge on any atom is -0.456 e. The van der Waals surface area contributed by atoms with Crippen LogP contribution < -0.4 is 5.32 Å². The Bertz CT molecular complexity index is 1410. The van der Waals surface area contributed by atoms with Crippen LogP contribution in [0.5, 0.6) is 0 Å². The maximum absolute atomic E-state index is 13.6. The van der Waals surface area contributed by atoms with Gasteiger partial charge in [0.2, 0.25) is 5.91 Å². The fraction of sp³-hybridized carbons (Fsp3) is 0.881. The first-order valence-corrected chi connectivity index (χ1v) is 34.8. The quantitative estimate of drug-likeness (QED) is 0.0205. The third-order valence-corrected chi connectivity index (χ3v) is 16.0. The summed E-state index contributed by atoms with van der Waals surface area (Å²) in [6, 6.07) is -0.848. The van der Waals surface area contributed by atoms with Crippen molar-refractivity contribution in [1.82, 2.24) is 5.32 Å².